The van der Waals surface area contributed by atoms with Crippen molar-refractivity contribution in [3.63, 3.8) is 0 Å². The molecule has 0 spiro atoms. The van der Waals surface area contributed by atoms with E-state index in [1.165, 1.54) is 0 Å². The van der Waals surface area contributed by atoms with Gasteiger partial charge in [0.25, 0.3) is 0 Å². The standard InChI is InChI=1S/C12H20N4O/c1-3-5-10-14-7-9(12(13)16-10)8-15-11(17)6-4-2/h7H,3-6,8H2,1-2H3,(H,15,17)(H2,13,14,16). The third-order valence-corrected chi connectivity index (χ3v) is 2.37. The summed E-state index contributed by atoms with van der Waals surface area (Å²) in [6.07, 6.45) is 4.89. The quantitative estimate of drug-likeness (QED) is 0.783. The molecule has 0 unspecified atom stereocenters. The molecule has 1 aromatic rings. The van der Waals surface area contributed by atoms with Crippen LogP contribution >= 0.6 is 0 Å². The molecule has 94 valence electrons. The summed E-state index contributed by atoms with van der Waals surface area (Å²) in [4.78, 5) is 19.7. The summed E-state index contributed by atoms with van der Waals surface area (Å²) in [6, 6.07) is 0. The highest BCUT2D eigenvalue weighted by molar-refractivity contribution is 5.75. The van der Waals surface area contributed by atoms with Crippen LogP contribution in [0.3, 0.4) is 0 Å². The normalized spacial score (nSPS) is 10.2. The Hall–Kier alpha value is -1.65. The van der Waals surface area contributed by atoms with Crippen molar-refractivity contribution in [1.29, 1.82) is 0 Å². The van der Waals surface area contributed by atoms with E-state index in [0.29, 0.717) is 18.8 Å². The van der Waals surface area contributed by atoms with Crippen LogP contribution in [-0.4, -0.2) is 15.9 Å². The predicted molar refractivity (Wildman–Crippen MR) is 67.2 cm³/mol. The van der Waals surface area contributed by atoms with Crippen molar-refractivity contribution in [3.05, 3.63) is 17.6 Å². The molecule has 0 saturated carbocycles. The lowest BCUT2D eigenvalue weighted by Gasteiger charge is -2.07. The van der Waals surface area contributed by atoms with E-state index < -0.39 is 0 Å². The second-order valence-corrected chi connectivity index (χ2v) is 3.97. The number of nitrogen functional groups attached to an aromatic ring is 1. The number of carbonyl (C=O) groups is 1. The predicted octanol–water partition coefficient (Wildman–Crippen LogP) is 1.43. The molecule has 0 saturated heterocycles. The molecule has 3 N–H and O–H groups in total. The monoisotopic (exact) mass is 236 g/mol. The summed E-state index contributed by atoms with van der Waals surface area (Å²) in [7, 11) is 0. The Morgan fingerprint density at radius 1 is 1.41 bits per heavy atom. The van der Waals surface area contributed by atoms with Crippen LogP contribution in [0.15, 0.2) is 6.20 Å². The maximum Gasteiger partial charge on any atom is 0.220 e. The smallest absolute Gasteiger partial charge is 0.220 e. The number of hydrogen-bond donors (Lipinski definition) is 2. The summed E-state index contributed by atoms with van der Waals surface area (Å²) in [5, 5.41) is 2.79. The summed E-state index contributed by atoms with van der Waals surface area (Å²) >= 11 is 0. The second-order valence-electron chi connectivity index (χ2n) is 3.97. The Balaban J connectivity index is 2.57. The van der Waals surface area contributed by atoms with Gasteiger partial charge in [-0.1, -0.05) is 13.8 Å². The molecule has 0 bridgehead atoms. The third-order valence-electron chi connectivity index (χ3n) is 2.37. The molecule has 0 aromatic carbocycles. The molecule has 0 atom stereocenters. The van der Waals surface area contributed by atoms with E-state index in [4.69, 9.17) is 5.73 Å². The van der Waals surface area contributed by atoms with E-state index in [-0.39, 0.29) is 5.91 Å². The molecule has 5 heteroatoms. The van der Waals surface area contributed by atoms with E-state index in [1.807, 2.05) is 6.92 Å². The van der Waals surface area contributed by atoms with E-state index in [2.05, 4.69) is 22.2 Å². The summed E-state index contributed by atoms with van der Waals surface area (Å²) < 4.78 is 0. The molecular formula is C12H20N4O. The highest BCUT2D eigenvalue weighted by Gasteiger charge is 2.05. The summed E-state index contributed by atoms with van der Waals surface area (Å²) in [5.74, 6) is 1.25. The average molecular weight is 236 g/mol. The first-order chi connectivity index (χ1) is 8.17. The van der Waals surface area contributed by atoms with Crippen LogP contribution in [0.2, 0.25) is 0 Å². The minimum atomic E-state index is 0.0320. The van der Waals surface area contributed by atoms with Crippen LogP contribution in [-0.2, 0) is 17.8 Å². The maximum absolute atomic E-state index is 11.3. The Morgan fingerprint density at radius 3 is 2.76 bits per heavy atom. The van der Waals surface area contributed by atoms with E-state index >= 15 is 0 Å². The van der Waals surface area contributed by atoms with Crippen molar-refractivity contribution >= 4 is 11.7 Å². The van der Waals surface area contributed by atoms with Crippen LogP contribution in [0.4, 0.5) is 5.82 Å². The topological polar surface area (TPSA) is 80.9 Å². The van der Waals surface area contributed by atoms with E-state index in [9.17, 15) is 4.79 Å². The molecule has 1 aromatic heterocycles. The number of aryl methyl sites for hydroxylation is 1. The average Bonchev–Trinajstić information content (AvgIpc) is 2.29. The largest absolute Gasteiger partial charge is 0.383 e. The lowest BCUT2D eigenvalue weighted by atomic mass is 10.2. The number of nitrogens with two attached hydrogens (primary N) is 1. The molecule has 1 amide bonds. The molecule has 1 heterocycles. The van der Waals surface area contributed by atoms with Gasteiger partial charge in [0, 0.05) is 31.1 Å². The number of nitrogens with zero attached hydrogens (tertiary/aromatic N) is 2. The Labute approximate surface area is 102 Å². The van der Waals surface area contributed by atoms with Gasteiger partial charge in [0.1, 0.15) is 11.6 Å². The van der Waals surface area contributed by atoms with Crippen LogP contribution in [0.1, 0.15) is 44.5 Å². The summed E-state index contributed by atoms with van der Waals surface area (Å²) in [5.41, 5.74) is 6.58. The van der Waals surface area contributed by atoms with E-state index in [1.54, 1.807) is 6.20 Å². The number of anilines is 1. The van der Waals surface area contributed by atoms with Gasteiger partial charge in [-0.3, -0.25) is 4.79 Å². The zero-order chi connectivity index (χ0) is 12.7. The lowest BCUT2D eigenvalue weighted by Crippen LogP contribution is -2.23. The SMILES string of the molecule is CCCC(=O)NCc1cnc(CCC)nc1N. The van der Waals surface area contributed by atoms with Crippen LogP contribution in [0.5, 0.6) is 0 Å². The molecule has 0 aliphatic rings. The highest BCUT2D eigenvalue weighted by Crippen LogP contribution is 2.08. The van der Waals surface area contributed by atoms with Gasteiger partial charge >= 0.3 is 0 Å². The number of aromatic nitrogens is 2. The minimum Gasteiger partial charge on any atom is -0.383 e. The number of carbonyl (C=O) groups excluding carboxylic acids is 1. The molecule has 5 nitrogen and oxygen atoms in total. The summed E-state index contributed by atoms with van der Waals surface area (Å²) in [6.45, 7) is 4.44. The number of hydrogen-bond acceptors (Lipinski definition) is 4. The van der Waals surface area contributed by atoms with Gasteiger partial charge < -0.3 is 11.1 Å². The third kappa shape index (κ3) is 4.38. The van der Waals surface area contributed by atoms with E-state index in [0.717, 1.165) is 30.7 Å². The van der Waals surface area contributed by atoms with Crippen molar-refractivity contribution in [2.24, 2.45) is 0 Å². The molecule has 0 fully saturated rings. The minimum absolute atomic E-state index is 0.0320. The van der Waals surface area contributed by atoms with Gasteiger partial charge in [0.05, 0.1) is 0 Å². The van der Waals surface area contributed by atoms with Crippen molar-refractivity contribution < 1.29 is 4.79 Å². The molecule has 0 aliphatic heterocycles. The van der Waals surface area contributed by atoms with Gasteiger partial charge in [-0.05, 0) is 12.8 Å². The maximum atomic E-state index is 11.3. The van der Waals surface area contributed by atoms with Gasteiger partial charge in [0.2, 0.25) is 5.91 Å². The fourth-order valence-corrected chi connectivity index (χ4v) is 1.45. The molecule has 17 heavy (non-hydrogen) atoms. The van der Waals surface area contributed by atoms with Crippen molar-refractivity contribution in [3.8, 4) is 0 Å². The Morgan fingerprint density at radius 2 is 2.18 bits per heavy atom. The molecule has 1 rings (SSSR count). The fourth-order valence-electron chi connectivity index (χ4n) is 1.45. The van der Waals surface area contributed by atoms with Crippen molar-refractivity contribution in [1.82, 2.24) is 15.3 Å². The van der Waals surface area contributed by atoms with Crippen molar-refractivity contribution in [2.45, 2.75) is 46.1 Å². The number of nitrogens with one attached hydrogen (secondary N) is 1. The second kappa shape index (κ2) is 6.83. The van der Waals surface area contributed by atoms with Gasteiger partial charge in [0.15, 0.2) is 0 Å². The van der Waals surface area contributed by atoms with Gasteiger partial charge in [-0.15, -0.1) is 0 Å². The molecular weight excluding hydrogens is 216 g/mol. The first kappa shape index (κ1) is 13.4. The molecule has 0 aliphatic carbocycles. The number of amides is 1. The Bertz CT molecular complexity index is 379. The zero-order valence-electron chi connectivity index (χ0n) is 10.5. The first-order valence-corrected chi connectivity index (χ1v) is 6.04. The zero-order valence-corrected chi connectivity index (χ0v) is 10.5. The lowest BCUT2D eigenvalue weighted by molar-refractivity contribution is -0.121. The van der Waals surface area contributed by atoms with Crippen LogP contribution in [0.25, 0.3) is 0 Å². The highest BCUT2D eigenvalue weighted by atomic mass is 16.1. The molecule has 0 radical (unpaired) electrons. The van der Waals surface area contributed by atoms with Crippen LogP contribution < -0.4 is 11.1 Å². The number of rotatable bonds is 6. The van der Waals surface area contributed by atoms with Crippen molar-refractivity contribution in [2.75, 3.05) is 5.73 Å². The fraction of sp³-hybridized carbons (Fsp3) is 0.583. The first-order valence-electron chi connectivity index (χ1n) is 6.04. The Kier molecular flexibility index (Phi) is 5.39. The van der Waals surface area contributed by atoms with Crippen LogP contribution in [0, 0.1) is 0 Å². The van der Waals surface area contributed by atoms with Gasteiger partial charge in [-0.25, -0.2) is 9.97 Å². The van der Waals surface area contributed by atoms with Gasteiger partial charge in [-0.2, -0.15) is 0 Å².